The number of carboxylic acid groups (broad SMARTS) is 1. The molecule has 3 N–H and O–H groups in total. The fourth-order valence-corrected chi connectivity index (χ4v) is 3.73. The van der Waals surface area contributed by atoms with E-state index in [2.05, 4.69) is 13.5 Å². The van der Waals surface area contributed by atoms with Crippen LogP contribution in [0, 0.1) is 0 Å². The lowest BCUT2D eigenvalue weighted by Gasteiger charge is -2.23. The number of carbonyl (C=O) groups is 1. The maximum absolute atomic E-state index is 12.8. The summed E-state index contributed by atoms with van der Waals surface area (Å²) >= 11 is 0. The molecule has 1 heterocycles. The molecular formula is C23H40N2O5. The van der Waals surface area contributed by atoms with Crippen LogP contribution < -0.4 is 5.69 Å². The number of carboxylic acids is 1. The van der Waals surface area contributed by atoms with Crippen molar-refractivity contribution in [2.24, 2.45) is 0 Å². The predicted molar refractivity (Wildman–Crippen MR) is 119 cm³/mol. The van der Waals surface area contributed by atoms with E-state index < -0.39 is 11.6 Å². The van der Waals surface area contributed by atoms with Crippen molar-refractivity contribution in [1.82, 2.24) is 9.13 Å². The summed E-state index contributed by atoms with van der Waals surface area (Å²) in [4.78, 5) is 23.4. The Morgan fingerprint density at radius 1 is 1.07 bits per heavy atom. The summed E-state index contributed by atoms with van der Waals surface area (Å²) in [5.74, 6) is -0.822. The maximum atomic E-state index is 12.8. The lowest BCUT2D eigenvalue weighted by atomic mass is 9.94. The summed E-state index contributed by atoms with van der Waals surface area (Å²) in [5, 5.41) is 30.0. The molecule has 0 saturated heterocycles. The minimum atomic E-state index is -0.850. The Labute approximate surface area is 180 Å². The van der Waals surface area contributed by atoms with Crippen LogP contribution in [0.3, 0.4) is 0 Å². The van der Waals surface area contributed by atoms with Gasteiger partial charge in [0.2, 0.25) is 5.88 Å². The summed E-state index contributed by atoms with van der Waals surface area (Å²) in [6, 6.07) is 0. The zero-order chi connectivity index (χ0) is 22.6. The molecule has 1 aromatic rings. The van der Waals surface area contributed by atoms with Gasteiger partial charge in [0.15, 0.2) is 0 Å². The predicted octanol–water partition coefficient (Wildman–Crippen LogP) is 4.23. The summed E-state index contributed by atoms with van der Waals surface area (Å²) in [5.41, 5.74) is -0.547. The highest BCUT2D eigenvalue weighted by Gasteiger charge is 2.23. The topological polar surface area (TPSA) is 105 Å². The molecule has 7 heteroatoms. The van der Waals surface area contributed by atoms with Gasteiger partial charge in [-0.3, -0.25) is 13.9 Å². The zero-order valence-electron chi connectivity index (χ0n) is 18.7. The Morgan fingerprint density at radius 2 is 1.73 bits per heavy atom. The summed E-state index contributed by atoms with van der Waals surface area (Å²) in [7, 11) is 0. The number of imidazole rings is 1. The lowest BCUT2D eigenvalue weighted by molar-refractivity contribution is -0.137. The van der Waals surface area contributed by atoms with E-state index in [1.807, 2.05) is 6.92 Å². The largest absolute Gasteiger partial charge is 0.493 e. The number of nitrogens with zero attached hydrogens (tertiary/aromatic N) is 2. The monoisotopic (exact) mass is 424 g/mol. The van der Waals surface area contributed by atoms with Gasteiger partial charge in [-0.25, -0.2) is 4.79 Å². The van der Waals surface area contributed by atoms with E-state index in [0.29, 0.717) is 37.9 Å². The molecule has 0 saturated carbocycles. The molecule has 0 aliphatic heterocycles. The SMILES string of the molecule is C=CCn1c(O)c(CCCCCCC(=O)O)n(CCC(C)(O)CCCCCC)c1=O. The highest BCUT2D eigenvalue weighted by molar-refractivity contribution is 5.66. The molecule has 30 heavy (non-hydrogen) atoms. The Kier molecular flexibility index (Phi) is 11.5. The first-order chi connectivity index (χ1) is 14.2. The fourth-order valence-electron chi connectivity index (χ4n) is 3.73. The normalized spacial score (nSPS) is 13.3. The molecule has 172 valence electrons. The summed E-state index contributed by atoms with van der Waals surface area (Å²) < 4.78 is 2.89. The molecule has 0 spiro atoms. The fraction of sp³-hybridized carbons (Fsp3) is 0.739. The molecule has 0 amide bonds. The quantitative estimate of drug-likeness (QED) is 0.256. The number of aromatic hydroxyl groups is 1. The Balaban J connectivity index is 2.77. The van der Waals surface area contributed by atoms with Crippen molar-refractivity contribution in [3.63, 3.8) is 0 Å². The van der Waals surface area contributed by atoms with Gasteiger partial charge in [-0.15, -0.1) is 6.58 Å². The van der Waals surface area contributed by atoms with E-state index >= 15 is 0 Å². The number of unbranched alkanes of at least 4 members (excludes halogenated alkanes) is 6. The van der Waals surface area contributed by atoms with Gasteiger partial charge in [-0.2, -0.15) is 0 Å². The molecule has 0 fully saturated rings. The second kappa shape index (κ2) is 13.3. The number of aliphatic hydroxyl groups is 1. The van der Waals surface area contributed by atoms with Crippen molar-refractivity contribution >= 4 is 5.97 Å². The zero-order valence-corrected chi connectivity index (χ0v) is 18.7. The average Bonchev–Trinajstić information content (AvgIpc) is 2.90. The van der Waals surface area contributed by atoms with Crippen LogP contribution in [0.1, 0.15) is 90.2 Å². The van der Waals surface area contributed by atoms with E-state index in [9.17, 15) is 19.8 Å². The molecule has 1 unspecified atom stereocenters. The van der Waals surface area contributed by atoms with E-state index in [4.69, 9.17) is 5.11 Å². The van der Waals surface area contributed by atoms with Crippen molar-refractivity contribution < 1.29 is 20.1 Å². The lowest BCUT2D eigenvalue weighted by Crippen LogP contribution is -2.31. The molecular weight excluding hydrogens is 384 g/mol. The molecule has 0 aliphatic carbocycles. The smallest absolute Gasteiger partial charge is 0.331 e. The van der Waals surface area contributed by atoms with Gasteiger partial charge in [0.05, 0.1) is 11.3 Å². The van der Waals surface area contributed by atoms with Crippen LogP contribution in [-0.4, -0.2) is 36.0 Å². The molecule has 1 rings (SSSR count). The van der Waals surface area contributed by atoms with Crippen LogP contribution in [0.25, 0.3) is 0 Å². The van der Waals surface area contributed by atoms with Gasteiger partial charge in [0, 0.05) is 19.5 Å². The molecule has 0 aliphatic rings. The number of aliphatic carboxylic acids is 1. The van der Waals surface area contributed by atoms with Crippen LogP contribution in [0.5, 0.6) is 5.88 Å². The molecule has 0 aromatic carbocycles. The Bertz CT molecular complexity index is 718. The first kappa shape index (κ1) is 26.0. The summed E-state index contributed by atoms with van der Waals surface area (Å²) in [6.07, 6.45) is 10.8. The first-order valence-corrected chi connectivity index (χ1v) is 11.3. The van der Waals surface area contributed by atoms with E-state index in [1.54, 1.807) is 10.6 Å². The first-order valence-electron chi connectivity index (χ1n) is 11.3. The van der Waals surface area contributed by atoms with Crippen LogP contribution in [0.4, 0.5) is 0 Å². The number of hydrogen-bond donors (Lipinski definition) is 3. The standard InChI is InChI=1S/C23H40N2O5/c1-4-6-7-12-15-23(3,30)16-18-24-19(13-10-8-9-11-14-20(26)27)21(28)25(17-5-2)22(24)29/h5,28,30H,2,4,6-18H2,1,3H3,(H,26,27). The second-order valence-corrected chi connectivity index (χ2v) is 8.47. The van der Waals surface area contributed by atoms with Crippen molar-refractivity contribution in [3.8, 4) is 5.88 Å². The molecule has 1 aromatic heterocycles. The van der Waals surface area contributed by atoms with Gasteiger partial charge in [-0.05, 0) is 39.0 Å². The highest BCUT2D eigenvalue weighted by atomic mass is 16.4. The molecule has 0 radical (unpaired) electrons. The van der Waals surface area contributed by atoms with Gasteiger partial charge in [0.1, 0.15) is 0 Å². The van der Waals surface area contributed by atoms with Gasteiger partial charge >= 0.3 is 11.7 Å². The molecule has 1 atom stereocenters. The van der Waals surface area contributed by atoms with E-state index in [0.717, 1.165) is 44.9 Å². The van der Waals surface area contributed by atoms with Crippen molar-refractivity contribution in [3.05, 3.63) is 28.8 Å². The minimum absolute atomic E-state index is 0.0342. The summed E-state index contributed by atoms with van der Waals surface area (Å²) in [6.45, 7) is 8.20. The third kappa shape index (κ3) is 8.78. The number of allylic oxidation sites excluding steroid dienone is 1. The second-order valence-electron chi connectivity index (χ2n) is 8.47. The Hall–Kier alpha value is -2.02. The maximum Gasteiger partial charge on any atom is 0.331 e. The molecule has 7 nitrogen and oxygen atoms in total. The van der Waals surface area contributed by atoms with E-state index in [-0.39, 0.29) is 24.5 Å². The third-order valence-corrected chi connectivity index (χ3v) is 5.61. The Morgan fingerprint density at radius 3 is 2.37 bits per heavy atom. The van der Waals surface area contributed by atoms with Gasteiger partial charge < -0.3 is 15.3 Å². The minimum Gasteiger partial charge on any atom is -0.493 e. The highest BCUT2D eigenvalue weighted by Crippen LogP contribution is 2.23. The van der Waals surface area contributed by atoms with Crippen LogP contribution >= 0.6 is 0 Å². The van der Waals surface area contributed by atoms with Crippen LogP contribution in [-0.2, 0) is 24.3 Å². The number of aromatic nitrogens is 2. The van der Waals surface area contributed by atoms with Crippen molar-refractivity contribution in [1.29, 1.82) is 0 Å². The van der Waals surface area contributed by atoms with Crippen molar-refractivity contribution in [2.75, 3.05) is 0 Å². The average molecular weight is 425 g/mol. The molecule has 0 bridgehead atoms. The van der Waals surface area contributed by atoms with E-state index in [1.165, 1.54) is 4.57 Å². The van der Waals surface area contributed by atoms with Gasteiger partial charge in [0.25, 0.3) is 0 Å². The van der Waals surface area contributed by atoms with Crippen molar-refractivity contribution in [2.45, 2.75) is 110 Å². The van der Waals surface area contributed by atoms with Gasteiger partial charge in [-0.1, -0.05) is 51.5 Å². The van der Waals surface area contributed by atoms with Crippen LogP contribution in [0.2, 0.25) is 0 Å². The third-order valence-electron chi connectivity index (χ3n) is 5.61. The number of hydrogen-bond acceptors (Lipinski definition) is 4. The van der Waals surface area contributed by atoms with Crippen LogP contribution in [0.15, 0.2) is 17.4 Å². The number of rotatable bonds is 17.